The van der Waals surface area contributed by atoms with Crippen molar-refractivity contribution in [1.82, 2.24) is 10.3 Å². The Morgan fingerprint density at radius 1 is 1.45 bits per heavy atom. The first-order valence-electron chi connectivity index (χ1n) is 6.42. The lowest BCUT2D eigenvalue weighted by molar-refractivity contribution is 0.0921. The number of aliphatic hydroxyl groups excluding tert-OH is 1. The molecule has 0 fully saturated rings. The lowest BCUT2D eigenvalue weighted by atomic mass is 10.1. The normalized spacial score (nSPS) is 12.2. The third-order valence-corrected chi connectivity index (χ3v) is 3.11. The summed E-state index contributed by atoms with van der Waals surface area (Å²) >= 11 is 0. The van der Waals surface area contributed by atoms with Crippen LogP contribution < -0.4 is 10.1 Å². The molecule has 2 rings (SSSR count). The number of nitrogens with one attached hydrogen (secondary N) is 1. The Morgan fingerprint density at radius 2 is 2.20 bits per heavy atom. The quantitative estimate of drug-likeness (QED) is 0.889. The van der Waals surface area contributed by atoms with Gasteiger partial charge in [-0.25, -0.2) is 0 Å². The van der Waals surface area contributed by atoms with E-state index in [1.807, 2.05) is 18.2 Å². The van der Waals surface area contributed by atoms with E-state index < -0.39 is 0 Å². The smallest absolute Gasteiger partial charge is 0.253 e. The van der Waals surface area contributed by atoms with Gasteiger partial charge in [-0.3, -0.25) is 9.78 Å². The molecule has 1 amide bonds. The summed E-state index contributed by atoms with van der Waals surface area (Å²) in [4.78, 5) is 16.5. The van der Waals surface area contributed by atoms with Gasteiger partial charge in [-0.15, -0.1) is 0 Å². The van der Waals surface area contributed by atoms with Gasteiger partial charge in [0.25, 0.3) is 5.91 Å². The predicted molar refractivity (Wildman–Crippen MR) is 77.0 cm³/mol. The average Bonchev–Trinajstić information content (AvgIpc) is 2.45. The number of hydrogen-bond acceptors (Lipinski definition) is 4. The first-order valence-corrected chi connectivity index (χ1v) is 6.42. The van der Waals surface area contributed by atoms with Gasteiger partial charge in [0, 0.05) is 17.5 Å². The molecular weight excluding hydrogens is 256 g/mol. The number of nitrogens with zero attached hydrogens (tertiary/aromatic N) is 1. The number of benzene rings is 1. The molecule has 1 aromatic heterocycles. The fourth-order valence-corrected chi connectivity index (χ4v) is 1.95. The van der Waals surface area contributed by atoms with Crippen molar-refractivity contribution in [1.29, 1.82) is 0 Å². The maximum Gasteiger partial charge on any atom is 0.253 e. The van der Waals surface area contributed by atoms with E-state index in [2.05, 4.69) is 10.3 Å². The van der Waals surface area contributed by atoms with Gasteiger partial charge < -0.3 is 15.2 Å². The van der Waals surface area contributed by atoms with E-state index in [4.69, 9.17) is 9.84 Å². The highest BCUT2D eigenvalue weighted by Crippen LogP contribution is 2.21. The van der Waals surface area contributed by atoms with Crippen molar-refractivity contribution < 1.29 is 14.6 Å². The van der Waals surface area contributed by atoms with Crippen molar-refractivity contribution in [2.75, 3.05) is 13.7 Å². The van der Waals surface area contributed by atoms with Gasteiger partial charge in [0.1, 0.15) is 5.75 Å². The van der Waals surface area contributed by atoms with Gasteiger partial charge in [0.2, 0.25) is 0 Å². The van der Waals surface area contributed by atoms with E-state index in [0.717, 1.165) is 16.7 Å². The molecule has 0 spiro atoms. The topological polar surface area (TPSA) is 71.5 Å². The number of methoxy groups -OCH3 is 1. The summed E-state index contributed by atoms with van der Waals surface area (Å²) in [6.07, 6.45) is 0. The van der Waals surface area contributed by atoms with Crippen LogP contribution in [0.3, 0.4) is 0 Å². The molecule has 20 heavy (non-hydrogen) atoms. The second kappa shape index (κ2) is 5.88. The largest absolute Gasteiger partial charge is 0.497 e. The number of aliphatic hydroxyl groups is 1. The Hall–Kier alpha value is -2.14. The molecule has 0 saturated heterocycles. The van der Waals surface area contributed by atoms with E-state index >= 15 is 0 Å². The van der Waals surface area contributed by atoms with Crippen LogP contribution in [0.1, 0.15) is 23.0 Å². The van der Waals surface area contributed by atoms with Crippen molar-refractivity contribution in [2.45, 2.75) is 19.9 Å². The zero-order valence-corrected chi connectivity index (χ0v) is 11.8. The van der Waals surface area contributed by atoms with Crippen LogP contribution in [0.25, 0.3) is 10.9 Å². The standard InChI is InChI=1S/C15H18N2O3/c1-9(8-18)16-15(19)13-6-11-4-5-12(20-3)7-14(11)17-10(13)2/h4-7,9,18H,8H2,1-3H3,(H,16,19). The van der Waals surface area contributed by atoms with Crippen LogP contribution in [0.4, 0.5) is 0 Å². The first kappa shape index (κ1) is 14.3. The highest BCUT2D eigenvalue weighted by molar-refractivity contribution is 5.98. The second-order valence-corrected chi connectivity index (χ2v) is 4.74. The van der Waals surface area contributed by atoms with Crippen molar-refractivity contribution >= 4 is 16.8 Å². The molecule has 0 radical (unpaired) electrons. The average molecular weight is 274 g/mol. The Balaban J connectivity index is 2.40. The number of carbonyl (C=O) groups excluding carboxylic acids is 1. The third kappa shape index (κ3) is 2.88. The van der Waals surface area contributed by atoms with E-state index in [-0.39, 0.29) is 18.6 Å². The minimum absolute atomic E-state index is 0.0942. The fourth-order valence-electron chi connectivity index (χ4n) is 1.95. The van der Waals surface area contributed by atoms with Crippen molar-refractivity contribution in [2.24, 2.45) is 0 Å². The summed E-state index contributed by atoms with van der Waals surface area (Å²) < 4.78 is 5.16. The summed E-state index contributed by atoms with van der Waals surface area (Å²) in [5.74, 6) is 0.504. The molecule has 2 aromatic rings. The van der Waals surface area contributed by atoms with Crippen LogP contribution in [-0.2, 0) is 0 Å². The highest BCUT2D eigenvalue weighted by atomic mass is 16.5. The van der Waals surface area contributed by atoms with Crippen molar-refractivity contribution in [3.05, 3.63) is 35.5 Å². The number of aromatic nitrogens is 1. The van der Waals surface area contributed by atoms with Gasteiger partial charge in [0.15, 0.2) is 0 Å². The maximum atomic E-state index is 12.1. The maximum absolute atomic E-state index is 12.1. The van der Waals surface area contributed by atoms with Crippen LogP contribution in [0, 0.1) is 6.92 Å². The minimum Gasteiger partial charge on any atom is -0.497 e. The number of ether oxygens (including phenoxy) is 1. The molecule has 0 bridgehead atoms. The van der Waals surface area contributed by atoms with Gasteiger partial charge in [0.05, 0.1) is 30.5 Å². The minimum atomic E-state index is -0.284. The molecule has 1 atom stereocenters. The molecule has 5 heteroatoms. The van der Waals surface area contributed by atoms with Crippen LogP contribution in [-0.4, -0.2) is 35.8 Å². The van der Waals surface area contributed by atoms with Gasteiger partial charge in [-0.05, 0) is 32.0 Å². The number of fused-ring (bicyclic) bond motifs is 1. The fraction of sp³-hybridized carbons (Fsp3) is 0.333. The zero-order valence-electron chi connectivity index (χ0n) is 11.8. The van der Waals surface area contributed by atoms with Gasteiger partial charge >= 0.3 is 0 Å². The molecule has 2 N–H and O–H groups in total. The van der Waals surface area contributed by atoms with Gasteiger partial charge in [-0.1, -0.05) is 0 Å². The summed E-state index contributed by atoms with van der Waals surface area (Å²) in [5.41, 5.74) is 1.95. The Kier molecular flexibility index (Phi) is 4.20. The van der Waals surface area contributed by atoms with Crippen molar-refractivity contribution in [3.63, 3.8) is 0 Å². The molecule has 1 aromatic carbocycles. The lowest BCUT2D eigenvalue weighted by Gasteiger charge is -2.13. The predicted octanol–water partition coefficient (Wildman–Crippen LogP) is 1.66. The summed E-state index contributed by atoms with van der Waals surface area (Å²) in [6.45, 7) is 3.44. The number of pyridine rings is 1. The molecule has 0 aliphatic rings. The monoisotopic (exact) mass is 274 g/mol. The third-order valence-electron chi connectivity index (χ3n) is 3.11. The molecule has 0 saturated carbocycles. The second-order valence-electron chi connectivity index (χ2n) is 4.74. The number of aryl methyl sites for hydroxylation is 1. The Morgan fingerprint density at radius 3 is 2.85 bits per heavy atom. The molecule has 1 heterocycles. The van der Waals surface area contributed by atoms with E-state index in [0.29, 0.717) is 11.3 Å². The Labute approximate surface area is 117 Å². The summed E-state index contributed by atoms with van der Waals surface area (Å²) in [7, 11) is 1.60. The highest BCUT2D eigenvalue weighted by Gasteiger charge is 2.13. The Bertz CT molecular complexity index is 640. The summed E-state index contributed by atoms with van der Waals surface area (Å²) in [5, 5.41) is 12.6. The van der Waals surface area contributed by atoms with Crippen LogP contribution in [0.5, 0.6) is 5.75 Å². The van der Waals surface area contributed by atoms with Gasteiger partial charge in [-0.2, -0.15) is 0 Å². The van der Waals surface area contributed by atoms with Crippen LogP contribution in [0.2, 0.25) is 0 Å². The number of rotatable bonds is 4. The van der Waals surface area contributed by atoms with Crippen LogP contribution >= 0.6 is 0 Å². The number of hydrogen-bond donors (Lipinski definition) is 2. The van der Waals surface area contributed by atoms with Crippen molar-refractivity contribution in [3.8, 4) is 5.75 Å². The number of amides is 1. The number of carbonyl (C=O) groups is 1. The van der Waals surface area contributed by atoms with E-state index in [1.165, 1.54) is 0 Å². The molecule has 0 aliphatic carbocycles. The molecule has 0 aliphatic heterocycles. The summed E-state index contributed by atoms with van der Waals surface area (Å²) in [6, 6.07) is 7.05. The molecule has 1 unspecified atom stereocenters. The molecule has 106 valence electrons. The lowest BCUT2D eigenvalue weighted by Crippen LogP contribution is -2.35. The first-order chi connectivity index (χ1) is 9.55. The van der Waals surface area contributed by atoms with E-state index in [1.54, 1.807) is 27.0 Å². The van der Waals surface area contributed by atoms with E-state index in [9.17, 15) is 4.79 Å². The zero-order chi connectivity index (χ0) is 14.7. The van der Waals surface area contributed by atoms with Crippen LogP contribution in [0.15, 0.2) is 24.3 Å². The molecule has 5 nitrogen and oxygen atoms in total. The SMILES string of the molecule is COc1ccc2cc(C(=O)NC(C)CO)c(C)nc2c1. The molecular formula is C15H18N2O3.